The predicted molar refractivity (Wildman–Crippen MR) is 69.8 cm³/mol. The maximum Gasteiger partial charge on any atom is 0.322 e. The Morgan fingerprint density at radius 3 is 2.68 bits per heavy atom. The van der Waals surface area contributed by atoms with Crippen molar-refractivity contribution >= 4 is 27.3 Å². The van der Waals surface area contributed by atoms with Crippen molar-refractivity contribution in [1.82, 2.24) is 4.31 Å². The van der Waals surface area contributed by atoms with Crippen LogP contribution in [0.15, 0.2) is 16.3 Å². The van der Waals surface area contributed by atoms with Crippen LogP contribution >= 0.6 is 11.3 Å². The summed E-state index contributed by atoms with van der Waals surface area (Å²) >= 11 is 1.14. The first-order valence-corrected chi connectivity index (χ1v) is 7.96. The Hall–Kier alpha value is -0.960. The highest BCUT2D eigenvalue weighted by Gasteiger charge is 2.44. The van der Waals surface area contributed by atoms with Gasteiger partial charge in [-0.25, -0.2) is 8.42 Å². The molecule has 19 heavy (non-hydrogen) atoms. The SMILES string of the molecule is COC1CC(C(=O)O)N(S(=O)(=O)c2ccc(C)s2)C1. The molecule has 8 heteroatoms. The van der Waals surface area contributed by atoms with Crippen LogP contribution in [0.25, 0.3) is 0 Å². The highest BCUT2D eigenvalue weighted by atomic mass is 32.2. The molecule has 0 saturated carbocycles. The summed E-state index contributed by atoms with van der Waals surface area (Å²) in [6, 6.07) is 2.16. The predicted octanol–water partition coefficient (Wildman–Crippen LogP) is 0.919. The van der Waals surface area contributed by atoms with Gasteiger partial charge in [0, 0.05) is 25.0 Å². The second kappa shape index (κ2) is 5.20. The van der Waals surface area contributed by atoms with Crippen molar-refractivity contribution in [3.8, 4) is 0 Å². The van der Waals surface area contributed by atoms with Crippen LogP contribution in [0.4, 0.5) is 0 Å². The van der Waals surface area contributed by atoms with Gasteiger partial charge in [0.15, 0.2) is 0 Å². The number of rotatable bonds is 4. The Balaban J connectivity index is 2.36. The van der Waals surface area contributed by atoms with Crippen LogP contribution in [0.1, 0.15) is 11.3 Å². The summed E-state index contributed by atoms with van der Waals surface area (Å²) < 4.78 is 31.2. The monoisotopic (exact) mass is 305 g/mol. The van der Waals surface area contributed by atoms with Gasteiger partial charge in [-0.1, -0.05) is 0 Å². The second-order valence-electron chi connectivity index (χ2n) is 4.39. The number of carbonyl (C=O) groups is 1. The molecule has 1 aromatic rings. The molecule has 1 saturated heterocycles. The van der Waals surface area contributed by atoms with E-state index in [0.29, 0.717) is 0 Å². The summed E-state index contributed by atoms with van der Waals surface area (Å²) in [6.07, 6.45) is -0.202. The van der Waals surface area contributed by atoms with Crippen LogP contribution in [0, 0.1) is 6.92 Å². The van der Waals surface area contributed by atoms with Crippen LogP contribution in [0.2, 0.25) is 0 Å². The lowest BCUT2D eigenvalue weighted by atomic mass is 10.2. The largest absolute Gasteiger partial charge is 0.480 e. The van der Waals surface area contributed by atoms with Crippen molar-refractivity contribution in [2.45, 2.75) is 29.7 Å². The number of methoxy groups -OCH3 is 1. The minimum atomic E-state index is -3.76. The average molecular weight is 305 g/mol. The first kappa shape index (κ1) is 14.4. The minimum absolute atomic E-state index is 0.0761. The van der Waals surface area contributed by atoms with Crippen LogP contribution in [-0.2, 0) is 19.6 Å². The molecule has 0 amide bonds. The molecule has 2 heterocycles. The van der Waals surface area contributed by atoms with Gasteiger partial charge in [-0.3, -0.25) is 4.79 Å². The number of hydrogen-bond donors (Lipinski definition) is 1. The van der Waals surface area contributed by atoms with Gasteiger partial charge in [-0.05, 0) is 19.1 Å². The highest BCUT2D eigenvalue weighted by molar-refractivity contribution is 7.91. The van der Waals surface area contributed by atoms with Crippen molar-refractivity contribution in [2.75, 3.05) is 13.7 Å². The summed E-state index contributed by atoms with van der Waals surface area (Å²) in [7, 11) is -2.31. The molecule has 1 fully saturated rings. The van der Waals surface area contributed by atoms with E-state index in [0.717, 1.165) is 20.5 Å². The zero-order chi connectivity index (χ0) is 14.2. The van der Waals surface area contributed by atoms with Crippen LogP contribution in [0.3, 0.4) is 0 Å². The maximum atomic E-state index is 12.4. The topological polar surface area (TPSA) is 83.9 Å². The molecular formula is C11H15NO5S2. The second-order valence-corrected chi connectivity index (χ2v) is 7.79. The number of ether oxygens (including phenoxy) is 1. The standard InChI is InChI=1S/C11H15NO5S2/c1-7-3-4-10(18-7)19(15,16)12-6-8(17-2)5-9(12)11(13)14/h3-4,8-9H,5-6H2,1-2H3,(H,13,14). The molecule has 1 aliphatic rings. The average Bonchev–Trinajstić information content (AvgIpc) is 2.94. The van der Waals surface area contributed by atoms with Crippen molar-refractivity contribution in [3.63, 3.8) is 0 Å². The van der Waals surface area contributed by atoms with E-state index in [-0.39, 0.29) is 23.3 Å². The van der Waals surface area contributed by atoms with E-state index in [9.17, 15) is 13.2 Å². The first-order chi connectivity index (χ1) is 8.86. The van der Waals surface area contributed by atoms with E-state index in [1.54, 1.807) is 13.0 Å². The smallest absolute Gasteiger partial charge is 0.322 e. The van der Waals surface area contributed by atoms with Crippen LogP contribution < -0.4 is 0 Å². The minimum Gasteiger partial charge on any atom is -0.480 e. The summed E-state index contributed by atoms with van der Waals surface area (Å²) in [6.45, 7) is 1.88. The number of carboxylic acid groups (broad SMARTS) is 1. The molecule has 6 nitrogen and oxygen atoms in total. The molecule has 0 spiro atoms. The fourth-order valence-corrected chi connectivity index (χ4v) is 5.13. The molecule has 1 aromatic heterocycles. The molecule has 2 atom stereocenters. The Labute approximate surface area is 115 Å². The Morgan fingerprint density at radius 2 is 2.21 bits per heavy atom. The van der Waals surface area contributed by atoms with Crippen molar-refractivity contribution in [2.24, 2.45) is 0 Å². The fraction of sp³-hybridized carbons (Fsp3) is 0.545. The van der Waals surface area contributed by atoms with Gasteiger partial charge in [0.1, 0.15) is 10.3 Å². The number of hydrogen-bond acceptors (Lipinski definition) is 5. The zero-order valence-electron chi connectivity index (χ0n) is 10.6. The quantitative estimate of drug-likeness (QED) is 0.894. The number of sulfonamides is 1. The van der Waals surface area contributed by atoms with Gasteiger partial charge < -0.3 is 9.84 Å². The first-order valence-electron chi connectivity index (χ1n) is 5.70. The third kappa shape index (κ3) is 2.66. The lowest BCUT2D eigenvalue weighted by molar-refractivity contribution is -0.140. The molecule has 0 aromatic carbocycles. The molecule has 2 unspecified atom stereocenters. The zero-order valence-corrected chi connectivity index (χ0v) is 12.2. The lowest BCUT2D eigenvalue weighted by Crippen LogP contribution is -2.40. The van der Waals surface area contributed by atoms with Gasteiger partial charge in [0.05, 0.1) is 6.10 Å². The van der Waals surface area contributed by atoms with Gasteiger partial charge in [-0.2, -0.15) is 4.31 Å². The third-order valence-electron chi connectivity index (χ3n) is 3.11. The summed E-state index contributed by atoms with van der Waals surface area (Å²) in [5, 5.41) is 9.15. The fourth-order valence-electron chi connectivity index (χ4n) is 2.10. The van der Waals surface area contributed by atoms with Crippen molar-refractivity contribution < 1.29 is 23.1 Å². The molecule has 1 N–H and O–H groups in total. The Morgan fingerprint density at radius 1 is 1.53 bits per heavy atom. The maximum absolute atomic E-state index is 12.4. The van der Waals surface area contributed by atoms with Gasteiger partial charge in [0.25, 0.3) is 10.0 Å². The summed E-state index contributed by atoms with van der Waals surface area (Å²) in [5.41, 5.74) is 0. The number of carboxylic acids is 1. The molecule has 106 valence electrons. The molecule has 0 bridgehead atoms. The molecule has 0 aliphatic carbocycles. The number of aliphatic carboxylic acids is 1. The molecule has 0 radical (unpaired) electrons. The van der Waals surface area contributed by atoms with E-state index in [1.165, 1.54) is 13.2 Å². The molecule has 2 rings (SSSR count). The van der Waals surface area contributed by atoms with E-state index in [2.05, 4.69) is 0 Å². The van der Waals surface area contributed by atoms with E-state index in [1.807, 2.05) is 0 Å². The van der Waals surface area contributed by atoms with E-state index >= 15 is 0 Å². The van der Waals surface area contributed by atoms with Gasteiger partial charge in [-0.15, -0.1) is 11.3 Å². The third-order valence-corrected chi connectivity index (χ3v) is 6.46. The Bertz CT molecular complexity index is 580. The van der Waals surface area contributed by atoms with Gasteiger partial charge in [0.2, 0.25) is 0 Å². The number of thiophene rings is 1. The van der Waals surface area contributed by atoms with Crippen molar-refractivity contribution in [3.05, 3.63) is 17.0 Å². The normalized spacial score (nSPS) is 24.7. The number of aryl methyl sites for hydroxylation is 1. The van der Waals surface area contributed by atoms with Crippen molar-refractivity contribution in [1.29, 1.82) is 0 Å². The lowest BCUT2D eigenvalue weighted by Gasteiger charge is -2.19. The summed E-state index contributed by atoms with van der Waals surface area (Å²) in [5.74, 6) is -1.14. The molecule has 1 aliphatic heterocycles. The highest BCUT2D eigenvalue weighted by Crippen LogP contribution is 2.31. The van der Waals surface area contributed by atoms with Crippen LogP contribution in [0.5, 0.6) is 0 Å². The Kier molecular flexibility index (Phi) is 3.95. The molecular weight excluding hydrogens is 290 g/mol. The number of nitrogens with zero attached hydrogens (tertiary/aromatic N) is 1. The van der Waals surface area contributed by atoms with Crippen LogP contribution in [-0.4, -0.2) is 49.6 Å². The van der Waals surface area contributed by atoms with E-state index in [4.69, 9.17) is 9.84 Å². The van der Waals surface area contributed by atoms with E-state index < -0.39 is 22.0 Å². The summed E-state index contributed by atoms with van der Waals surface area (Å²) in [4.78, 5) is 12.1. The van der Waals surface area contributed by atoms with Gasteiger partial charge >= 0.3 is 5.97 Å².